The van der Waals surface area contributed by atoms with E-state index >= 15 is 0 Å². The smallest absolute Gasteiger partial charge is 0.0764 e. The molecule has 0 aliphatic carbocycles. The number of hydrogen-bond acceptors (Lipinski definition) is 2. The Kier molecular flexibility index (Phi) is 3.67. The molecule has 0 fully saturated rings. The molecule has 0 spiro atoms. The highest BCUT2D eigenvalue weighted by Crippen LogP contribution is 2.35. The molecule has 0 bridgehead atoms. The Morgan fingerprint density at radius 2 is 1.41 bits per heavy atom. The van der Waals surface area contributed by atoms with E-state index in [-0.39, 0.29) is 0 Å². The van der Waals surface area contributed by atoms with Crippen LogP contribution >= 0.6 is 34.8 Å². The molecule has 3 N–H and O–H groups in total. The van der Waals surface area contributed by atoms with Gasteiger partial charge in [-0.3, -0.25) is 0 Å². The van der Waals surface area contributed by atoms with Gasteiger partial charge in [0.05, 0.1) is 15.7 Å². The van der Waals surface area contributed by atoms with Crippen LogP contribution in [0.2, 0.25) is 15.1 Å². The standard InChI is InChI=1S/C12H9Cl3N2/c13-7-1-3-9(4-2-7)17-12-10(14)5-8(16)6-11(12)15/h1-6,17H,16H2. The van der Waals surface area contributed by atoms with Crippen molar-refractivity contribution in [1.29, 1.82) is 0 Å². The second-order valence-corrected chi connectivity index (χ2v) is 4.74. The van der Waals surface area contributed by atoms with Gasteiger partial charge in [0.15, 0.2) is 0 Å². The van der Waals surface area contributed by atoms with Crippen LogP contribution in [0.4, 0.5) is 17.1 Å². The molecule has 17 heavy (non-hydrogen) atoms. The maximum Gasteiger partial charge on any atom is 0.0764 e. The van der Waals surface area contributed by atoms with E-state index in [0.29, 0.717) is 26.4 Å². The first-order chi connectivity index (χ1) is 8.06. The molecule has 0 aliphatic rings. The molecule has 0 atom stereocenters. The molecular weight excluding hydrogens is 279 g/mol. The van der Waals surface area contributed by atoms with Crippen LogP contribution in [0, 0.1) is 0 Å². The van der Waals surface area contributed by atoms with E-state index in [2.05, 4.69) is 5.32 Å². The van der Waals surface area contributed by atoms with E-state index in [4.69, 9.17) is 40.5 Å². The first-order valence-electron chi connectivity index (χ1n) is 4.83. The third-order valence-electron chi connectivity index (χ3n) is 2.18. The molecule has 5 heteroatoms. The molecular formula is C12H9Cl3N2. The van der Waals surface area contributed by atoms with Gasteiger partial charge >= 0.3 is 0 Å². The third kappa shape index (κ3) is 2.97. The lowest BCUT2D eigenvalue weighted by Gasteiger charge is -2.11. The lowest BCUT2D eigenvalue weighted by molar-refractivity contribution is 1.55. The van der Waals surface area contributed by atoms with E-state index in [1.807, 2.05) is 12.1 Å². The predicted molar refractivity (Wildman–Crippen MR) is 75.6 cm³/mol. The van der Waals surface area contributed by atoms with Crippen LogP contribution in [-0.2, 0) is 0 Å². The lowest BCUT2D eigenvalue weighted by atomic mass is 10.2. The summed E-state index contributed by atoms with van der Waals surface area (Å²) in [5.74, 6) is 0. The lowest BCUT2D eigenvalue weighted by Crippen LogP contribution is -1.94. The summed E-state index contributed by atoms with van der Waals surface area (Å²) in [6.07, 6.45) is 0. The van der Waals surface area contributed by atoms with Gasteiger partial charge in [-0.05, 0) is 36.4 Å². The van der Waals surface area contributed by atoms with Crippen LogP contribution in [0.25, 0.3) is 0 Å². The highest BCUT2D eigenvalue weighted by atomic mass is 35.5. The van der Waals surface area contributed by atoms with Gasteiger partial charge in [-0.2, -0.15) is 0 Å². The number of anilines is 3. The number of halogens is 3. The van der Waals surface area contributed by atoms with Gasteiger partial charge in [0, 0.05) is 16.4 Å². The fourth-order valence-electron chi connectivity index (χ4n) is 1.39. The molecule has 0 saturated carbocycles. The molecule has 2 aromatic carbocycles. The molecule has 0 aliphatic heterocycles. The topological polar surface area (TPSA) is 38.0 Å². The maximum absolute atomic E-state index is 6.06. The molecule has 2 nitrogen and oxygen atoms in total. The zero-order valence-electron chi connectivity index (χ0n) is 8.68. The molecule has 0 amide bonds. The van der Waals surface area contributed by atoms with Gasteiger partial charge < -0.3 is 11.1 Å². The van der Waals surface area contributed by atoms with Crippen LogP contribution in [0.3, 0.4) is 0 Å². The Hall–Kier alpha value is -1.09. The normalized spacial score (nSPS) is 10.3. The zero-order valence-corrected chi connectivity index (χ0v) is 10.9. The maximum atomic E-state index is 6.06. The van der Waals surface area contributed by atoms with Crippen molar-refractivity contribution in [2.75, 3.05) is 11.1 Å². The van der Waals surface area contributed by atoms with Gasteiger partial charge in [0.1, 0.15) is 0 Å². The third-order valence-corrected chi connectivity index (χ3v) is 3.03. The average molecular weight is 288 g/mol. The highest BCUT2D eigenvalue weighted by Gasteiger charge is 2.07. The summed E-state index contributed by atoms with van der Waals surface area (Å²) >= 11 is 17.9. The molecule has 88 valence electrons. The van der Waals surface area contributed by atoms with Gasteiger partial charge in [0.25, 0.3) is 0 Å². The largest absolute Gasteiger partial charge is 0.399 e. The number of hydrogen-bond donors (Lipinski definition) is 2. The Bertz CT molecular complexity index is 515. The predicted octanol–water partition coefficient (Wildman–Crippen LogP) is 4.97. The summed E-state index contributed by atoms with van der Waals surface area (Å²) in [4.78, 5) is 0. The van der Waals surface area contributed by atoms with Crippen LogP contribution in [-0.4, -0.2) is 0 Å². The van der Waals surface area contributed by atoms with Crippen molar-refractivity contribution < 1.29 is 0 Å². The highest BCUT2D eigenvalue weighted by molar-refractivity contribution is 6.39. The summed E-state index contributed by atoms with van der Waals surface area (Å²) in [5.41, 5.74) is 7.64. The molecule has 0 aromatic heterocycles. The van der Waals surface area contributed by atoms with Crippen LogP contribution in [0.1, 0.15) is 0 Å². The van der Waals surface area contributed by atoms with Crippen molar-refractivity contribution in [1.82, 2.24) is 0 Å². The van der Waals surface area contributed by atoms with E-state index in [9.17, 15) is 0 Å². The van der Waals surface area contributed by atoms with Crippen molar-refractivity contribution >= 4 is 51.9 Å². The monoisotopic (exact) mass is 286 g/mol. The quantitative estimate of drug-likeness (QED) is 0.765. The van der Waals surface area contributed by atoms with Crippen LogP contribution in [0.5, 0.6) is 0 Å². The second kappa shape index (κ2) is 5.05. The van der Waals surface area contributed by atoms with E-state index in [1.165, 1.54) is 0 Å². The fraction of sp³-hybridized carbons (Fsp3) is 0. The fourth-order valence-corrected chi connectivity index (χ4v) is 2.11. The molecule has 2 aromatic rings. The van der Waals surface area contributed by atoms with Gasteiger partial charge in [-0.1, -0.05) is 34.8 Å². The molecule has 0 heterocycles. The number of nitrogens with one attached hydrogen (secondary N) is 1. The summed E-state index contributed by atoms with van der Waals surface area (Å²) in [5, 5.41) is 4.74. The first kappa shape index (κ1) is 12.4. The average Bonchev–Trinajstić information content (AvgIpc) is 2.26. The summed E-state index contributed by atoms with van der Waals surface area (Å²) < 4.78 is 0. The van der Waals surface area contributed by atoms with Crippen molar-refractivity contribution in [2.24, 2.45) is 0 Å². The van der Waals surface area contributed by atoms with Gasteiger partial charge in [-0.25, -0.2) is 0 Å². The zero-order chi connectivity index (χ0) is 12.4. The summed E-state index contributed by atoms with van der Waals surface area (Å²) in [6, 6.07) is 10.5. The molecule has 0 unspecified atom stereocenters. The number of rotatable bonds is 2. The summed E-state index contributed by atoms with van der Waals surface area (Å²) in [6.45, 7) is 0. The number of nitrogen functional groups attached to an aromatic ring is 1. The number of benzene rings is 2. The minimum Gasteiger partial charge on any atom is -0.399 e. The SMILES string of the molecule is Nc1cc(Cl)c(Nc2ccc(Cl)cc2)c(Cl)c1. The van der Waals surface area contributed by atoms with Gasteiger partial charge in [0.2, 0.25) is 0 Å². The van der Waals surface area contributed by atoms with Crippen molar-refractivity contribution in [3.8, 4) is 0 Å². The van der Waals surface area contributed by atoms with Crippen molar-refractivity contribution in [3.05, 3.63) is 51.5 Å². The Morgan fingerprint density at radius 1 is 0.882 bits per heavy atom. The molecule has 2 rings (SSSR count). The van der Waals surface area contributed by atoms with Crippen molar-refractivity contribution in [3.63, 3.8) is 0 Å². The Balaban J connectivity index is 2.33. The minimum atomic E-state index is 0.477. The van der Waals surface area contributed by atoms with Gasteiger partial charge in [-0.15, -0.1) is 0 Å². The molecule has 0 saturated heterocycles. The first-order valence-corrected chi connectivity index (χ1v) is 5.97. The molecule has 0 radical (unpaired) electrons. The summed E-state index contributed by atoms with van der Waals surface area (Å²) in [7, 11) is 0. The minimum absolute atomic E-state index is 0.477. The van der Waals surface area contributed by atoms with Crippen LogP contribution < -0.4 is 11.1 Å². The van der Waals surface area contributed by atoms with Crippen LogP contribution in [0.15, 0.2) is 36.4 Å². The van der Waals surface area contributed by atoms with E-state index in [1.54, 1.807) is 24.3 Å². The number of nitrogens with two attached hydrogens (primary N) is 1. The Morgan fingerprint density at radius 3 is 1.94 bits per heavy atom. The Labute approximate surface area is 114 Å². The van der Waals surface area contributed by atoms with Crippen molar-refractivity contribution in [2.45, 2.75) is 0 Å². The second-order valence-electron chi connectivity index (χ2n) is 3.49. The van der Waals surface area contributed by atoms with E-state index < -0.39 is 0 Å². The van der Waals surface area contributed by atoms with E-state index in [0.717, 1.165) is 5.69 Å².